The van der Waals surface area contributed by atoms with Crippen LogP contribution in [0.3, 0.4) is 0 Å². The molecule has 4 rings (SSSR count). The van der Waals surface area contributed by atoms with E-state index in [0.29, 0.717) is 18.3 Å². The zero-order valence-electron chi connectivity index (χ0n) is 39.0. The van der Waals surface area contributed by atoms with Gasteiger partial charge in [0.1, 0.15) is 49.0 Å². The van der Waals surface area contributed by atoms with Gasteiger partial charge >= 0.3 is 5.97 Å². The van der Waals surface area contributed by atoms with Gasteiger partial charge in [-0.3, -0.25) is 9.59 Å². The molecule has 0 aromatic carbocycles. The Bertz CT molecular complexity index is 1540. The molecule has 4 aliphatic heterocycles. The van der Waals surface area contributed by atoms with Crippen molar-refractivity contribution in [1.82, 2.24) is 4.90 Å². The summed E-state index contributed by atoms with van der Waals surface area (Å²) in [5, 5.41) is 55.5. The molecule has 0 aromatic heterocycles. The molecule has 0 bridgehead atoms. The Morgan fingerprint density at radius 3 is 2.10 bits per heavy atom. The molecule has 4 heterocycles. The lowest BCUT2D eigenvalue weighted by atomic mass is 9.81. The second-order valence-electron chi connectivity index (χ2n) is 18.4. The van der Waals surface area contributed by atoms with Crippen LogP contribution in [0.5, 0.6) is 0 Å². The van der Waals surface area contributed by atoms with Gasteiger partial charge in [0.25, 0.3) is 0 Å². The van der Waals surface area contributed by atoms with Crippen LogP contribution in [0.25, 0.3) is 0 Å². The van der Waals surface area contributed by atoms with Crippen molar-refractivity contribution in [3.63, 3.8) is 0 Å². The van der Waals surface area contributed by atoms with Crippen molar-refractivity contribution < 1.29 is 82.5 Å². The zero-order chi connectivity index (χ0) is 47.1. The smallest absolute Gasteiger partial charge is 0.308 e. The number of aliphatic hydroxyl groups is 5. The van der Waals surface area contributed by atoms with Crippen molar-refractivity contribution in [3.8, 4) is 0 Å². The van der Waals surface area contributed by atoms with E-state index in [4.69, 9.17) is 42.6 Å². The minimum Gasteiger partial charge on any atom is -0.462 e. The molecule has 21 atom stereocenters. The highest BCUT2D eigenvalue weighted by Crippen LogP contribution is 2.37. The van der Waals surface area contributed by atoms with Crippen LogP contribution in [0.15, 0.2) is 23.8 Å². The van der Waals surface area contributed by atoms with E-state index in [1.54, 1.807) is 66.6 Å². The van der Waals surface area contributed by atoms with Crippen LogP contribution in [-0.2, 0) is 57.0 Å². The van der Waals surface area contributed by atoms with Crippen LogP contribution >= 0.6 is 0 Å². The quantitative estimate of drug-likeness (QED) is 0.138. The molecule has 18 nitrogen and oxygen atoms in total. The first kappa shape index (κ1) is 53.3. The Labute approximate surface area is 372 Å². The average Bonchev–Trinajstić information content (AvgIpc) is 3.22. The van der Waals surface area contributed by atoms with Crippen LogP contribution in [0, 0.1) is 23.7 Å². The van der Waals surface area contributed by atoms with Crippen LogP contribution < -0.4 is 0 Å². The standard InChI is InChI=1S/C45H75NO17/c1-13-32-29(21-57-44-41(56-12)40(55-11)36(51)25(5)59-44)16-22(2)14-15-30(48)23(3)17-28(20-47)38(24(4)31(49)18-33(50)61-32)63-43-37(52)35(46(9)10)39(26(6)60-43)62-34-19-45(8,54)42(53)27(7)58-34/h14-16,20,23-29,31-32,34-44,49,51-54H,13,17-19,21H2,1-12H3/b15-14+,22-16-/t23-,24-,25+,26+,27-,28-,29+,31-,32-,34+,35+,36-,37-,38-,39-,40-,41+,42+,43-,44+,45-/m0/s1. The van der Waals surface area contributed by atoms with E-state index in [1.807, 2.05) is 13.0 Å². The van der Waals surface area contributed by atoms with E-state index in [-0.39, 0.29) is 25.2 Å². The van der Waals surface area contributed by atoms with Crippen molar-refractivity contribution in [3.05, 3.63) is 23.8 Å². The number of carbonyl (C=O) groups excluding carboxylic acids is 3. The van der Waals surface area contributed by atoms with Crippen molar-refractivity contribution in [1.29, 1.82) is 0 Å². The highest BCUT2D eigenvalue weighted by Gasteiger charge is 2.52. The molecule has 0 spiro atoms. The highest BCUT2D eigenvalue weighted by atomic mass is 16.7. The van der Waals surface area contributed by atoms with Gasteiger partial charge in [-0.05, 0) is 67.6 Å². The van der Waals surface area contributed by atoms with E-state index < -0.39 is 140 Å². The fourth-order valence-corrected chi connectivity index (χ4v) is 9.19. The molecule has 0 unspecified atom stereocenters. The van der Waals surface area contributed by atoms with Gasteiger partial charge in [-0.15, -0.1) is 0 Å². The van der Waals surface area contributed by atoms with Gasteiger partial charge in [0.15, 0.2) is 24.7 Å². The summed E-state index contributed by atoms with van der Waals surface area (Å²) < 4.78 is 54.4. The van der Waals surface area contributed by atoms with Crippen LogP contribution in [0.1, 0.15) is 81.1 Å². The zero-order valence-corrected chi connectivity index (χ0v) is 39.0. The Morgan fingerprint density at radius 1 is 0.857 bits per heavy atom. The first-order valence-electron chi connectivity index (χ1n) is 22.2. The minimum atomic E-state index is -1.49. The second kappa shape index (κ2) is 23.5. The Balaban J connectivity index is 1.60. The summed E-state index contributed by atoms with van der Waals surface area (Å²) in [6.07, 6.45) is -9.08. The number of ketones is 1. The lowest BCUT2D eigenvalue weighted by Gasteiger charge is -2.50. The summed E-state index contributed by atoms with van der Waals surface area (Å²) in [6, 6.07) is -0.767. The highest BCUT2D eigenvalue weighted by molar-refractivity contribution is 5.92. The van der Waals surface area contributed by atoms with Gasteiger partial charge in [0, 0.05) is 44.3 Å². The molecule has 0 aromatic rings. The van der Waals surface area contributed by atoms with Gasteiger partial charge in [-0.25, -0.2) is 0 Å². The Morgan fingerprint density at radius 2 is 1.51 bits per heavy atom. The van der Waals surface area contributed by atoms with E-state index >= 15 is 0 Å². The molecule has 362 valence electrons. The van der Waals surface area contributed by atoms with Gasteiger partial charge < -0.3 is 77.9 Å². The molecule has 4 aliphatic rings. The van der Waals surface area contributed by atoms with Crippen molar-refractivity contribution in [2.24, 2.45) is 23.7 Å². The van der Waals surface area contributed by atoms with Gasteiger partial charge in [-0.2, -0.15) is 0 Å². The average molecular weight is 902 g/mol. The Hall–Kier alpha value is -2.27. The number of aliphatic hydroxyl groups excluding tert-OH is 4. The third-order valence-electron chi connectivity index (χ3n) is 13.1. The number of cyclic esters (lactones) is 1. The summed E-state index contributed by atoms with van der Waals surface area (Å²) in [6.45, 7) is 13.5. The van der Waals surface area contributed by atoms with Crippen molar-refractivity contribution >= 4 is 18.0 Å². The number of carbonyl (C=O) groups is 3. The van der Waals surface area contributed by atoms with Gasteiger partial charge in [0.2, 0.25) is 0 Å². The topological polar surface area (TPSA) is 239 Å². The van der Waals surface area contributed by atoms with Gasteiger partial charge in [0.05, 0.1) is 55.2 Å². The number of ether oxygens (including phenoxy) is 9. The number of nitrogens with zero attached hydrogens (tertiary/aromatic N) is 1. The maximum Gasteiger partial charge on any atom is 0.308 e. The lowest BCUT2D eigenvalue weighted by Crippen LogP contribution is -2.65. The molecule has 0 aliphatic carbocycles. The monoisotopic (exact) mass is 902 g/mol. The third kappa shape index (κ3) is 13.2. The van der Waals surface area contributed by atoms with E-state index in [1.165, 1.54) is 27.2 Å². The predicted molar refractivity (Wildman–Crippen MR) is 226 cm³/mol. The predicted octanol–water partition coefficient (Wildman–Crippen LogP) is 1.44. The molecule has 0 radical (unpaired) electrons. The summed E-state index contributed by atoms with van der Waals surface area (Å²) in [5.74, 6) is -4.14. The summed E-state index contributed by atoms with van der Waals surface area (Å²) in [5.41, 5.74) is -0.826. The number of methoxy groups -OCH3 is 2. The fraction of sp³-hybridized carbons (Fsp3) is 0.844. The number of allylic oxidation sites excluding steroid dienone is 3. The maximum atomic E-state index is 13.7. The molecule has 5 N–H and O–H groups in total. The molecule has 63 heavy (non-hydrogen) atoms. The lowest BCUT2D eigenvalue weighted by molar-refractivity contribution is -0.341. The van der Waals surface area contributed by atoms with Crippen molar-refractivity contribution in [2.45, 2.75) is 185 Å². The normalized spacial score (nSPS) is 46.5. The third-order valence-corrected chi connectivity index (χ3v) is 13.1. The molecular weight excluding hydrogens is 826 g/mol. The fourth-order valence-electron chi connectivity index (χ4n) is 9.19. The molecule has 0 amide bonds. The van der Waals surface area contributed by atoms with Crippen LogP contribution in [-0.4, -0.2) is 187 Å². The van der Waals surface area contributed by atoms with E-state index in [0.717, 1.165) is 0 Å². The molecule has 3 fully saturated rings. The van der Waals surface area contributed by atoms with Crippen molar-refractivity contribution in [2.75, 3.05) is 34.9 Å². The summed E-state index contributed by atoms with van der Waals surface area (Å²) in [7, 11) is 6.40. The number of hydrogen-bond donors (Lipinski definition) is 5. The van der Waals surface area contributed by atoms with Crippen LogP contribution in [0.2, 0.25) is 0 Å². The number of aldehydes is 1. The Kier molecular flexibility index (Phi) is 19.9. The number of esters is 1. The second-order valence-corrected chi connectivity index (χ2v) is 18.4. The number of rotatable bonds is 12. The van der Waals surface area contributed by atoms with Gasteiger partial charge in [-0.1, -0.05) is 38.5 Å². The van der Waals surface area contributed by atoms with E-state index in [9.17, 15) is 39.9 Å². The first-order valence-corrected chi connectivity index (χ1v) is 22.2. The number of hydrogen-bond acceptors (Lipinski definition) is 18. The largest absolute Gasteiger partial charge is 0.462 e. The molecule has 0 saturated carbocycles. The number of likely N-dealkylation sites (N-methyl/N-ethyl adjacent to an activating group) is 1. The molecule has 18 heteroatoms. The van der Waals surface area contributed by atoms with Crippen LogP contribution in [0.4, 0.5) is 0 Å². The maximum absolute atomic E-state index is 13.7. The first-order chi connectivity index (χ1) is 29.6. The molecule has 3 saturated heterocycles. The minimum absolute atomic E-state index is 0.0117. The summed E-state index contributed by atoms with van der Waals surface area (Å²) >= 11 is 0. The molecular formula is C45H75NO17. The summed E-state index contributed by atoms with van der Waals surface area (Å²) in [4.78, 5) is 42.0. The SMILES string of the molecule is CC[C@@H]1OC(=O)C[C@H](O)[C@H](C)[C@H](O[C@@H]2O[C@H](C)[C@H](O[C@@H]3C[C@](C)(O)[C@H](O)[C@H](C)O3)[C@H](N(C)C)[C@@H]2O)[C@H](C=O)C[C@H](C)C(=O)/C=C/C(C)=C\[C@@H]1CO[C@@H]1O[C@H](C)[C@H](O)[C@H](OC)[C@H]1OC. The van der Waals surface area contributed by atoms with E-state index in [2.05, 4.69) is 0 Å².